The summed E-state index contributed by atoms with van der Waals surface area (Å²) >= 11 is 0. The van der Waals surface area contributed by atoms with E-state index in [1.165, 1.54) is 7.11 Å². The van der Waals surface area contributed by atoms with Gasteiger partial charge in [-0.25, -0.2) is 4.79 Å². The van der Waals surface area contributed by atoms with Crippen LogP contribution in [0.15, 0.2) is 27.4 Å². The van der Waals surface area contributed by atoms with Crippen LogP contribution in [0.2, 0.25) is 0 Å². The number of fused-ring (bicyclic) bond motifs is 1. The molecule has 1 aliphatic heterocycles. The smallest absolute Gasteiger partial charge is 0.441 e. The molecule has 10 nitrogen and oxygen atoms in total. The summed E-state index contributed by atoms with van der Waals surface area (Å²) in [6.45, 7) is 6.30. The van der Waals surface area contributed by atoms with Crippen molar-refractivity contribution in [3.05, 3.63) is 34.3 Å². The summed E-state index contributed by atoms with van der Waals surface area (Å²) in [5.41, 5.74) is 0.963. The fraction of sp³-hybridized carbons (Fsp3) is 0.593. The maximum Gasteiger partial charge on any atom is 0.441 e. The second kappa shape index (κ2) is 11.0. The van der Waals surface area contributed by atoms with E-state index < -0.39 is 29.9 Å². The lowest BCUT2D eigenvalue weighted by Crippen LogP contribution is -2.49. The first-order valence-corrected chi connectivity index (χ1v) is 12.8. The van der Waals surface area contributed by atoms with Gasteiger partial charge in [0, 0.05) is 5.56 Å². The minimum atomic E-state index is -0.848. The molecule has 1 saturated carbocycles. The summed E-state index contributed by atoms with van der Waals surface area (Å²) < 4.78 is 15.5. The van der Waals surface area contributed by atoms with Crippen molar-refractivity contribution in [2.24, 2.45) is 11.3 Å². The van der Waals surface area contributed by atoms with Gasteiger partial charge in [0.2, 0.25) is 5.91 Å². The van der Waals surface area contributed by atoms with Crippen molar-refractivity contribution in [3.63, 3.8) is 0 Å². The number of carbonyl (C=O) groups excluding carboxylic acids is 3. The number of nitrogens with zero attached hydrogens (tertiary/aromatic N) is 1. The molecule has 2 aliphatic rings. The van der Waals surface area contributed by atoms with Crippen LogP contribution in [-0.2, 0) is 30.3 Å². The third-order valence-electron chi connectivity index (χ3n) is 7.54. The summed E-state index contributed by atoms with van der Waals surface area (Å²) in [4.78, 5) is 54.1. The minimum Gasteiger partial charge on any atom is -0.469 e. The number of nitrogens with one attached hydrogen (secondary N) is 2. The number of benzene rings is 1. The van der Waals surface area contributed by atoms with Crippen LogP contribution in [0.5, 0.6) is 0 Å². The number of carbonyl (C=O) groups is 3. The first-order valence-electron chi connectivity index (χ1n) is 12.8. The van der Waals surface area contributed by atoms with Crippen LogP contribution in [-0.4, -0.2) is 54.5 Å². The molecular weight excluding hydrogens is 478 g/mol. The molecule has 2 N–H and O–H groups in total. The van der Waals surface area contributed by atoms with E-state index in [4.69, 9.17) is 13.9 Å². The number of para-hydroxylation sites is 1. The number of anilines is 1. The van der Waals surface area contributed by atoms with Gasteiger partial charge in [-0.15, -0.1) is 0 Å². The molecule has 37 heavy (non-hydrogen) atoms. The molecule has 1 saturated heterocycles. The molecule has 10 heteroatoms. The van der Waals surface area contributed by atoms with E-state index in [0.717, 1.165) is 25.7 Å². The molecule has 1 aromatic heterocycles. The van der Waals surface area contributed by atoms with Crippen molar-refractivity contribution < 1.29 is 28.3 Å². The fourth-order valence-corrected chi connectivity index (χ4v) is 5.13. The average molecular weight is 514 g/mol. The monoisotopic (exact) mass is 513 g/mol. The molecule has 1 aliphatic carbocycles. The van der Waals surface area contributed by atoms with Crippen molar-refractivity contribution >= 4 is 34.4 Å². The third kappa shape index (κ3) is 6.36. The molecule has 0 spiro atoms. The Labute approximate surface area is 215 Å². The lowest BCUT2D eigenvalue weighted by atomic mass is 9.71. The van der Waals surface area contributed by atoms with Crippen molar-refractivity contribution in [1.82, 2.24) is 10.3 Å². The summed E-state index contributed by atoms with van der Waals surface area (Å²) in [5.74, 6) is -1.35. The molecule has 2 aromatic rings. The molecule has 3 atom stereocenters. The highest BCUT2D eigenvalue weighted by atomic mass is 16.5. The van der Waals surface area contributed by atoms with Gasteiger partial charge in [0.1, 0.15) is 29.6 Å². The average Bonchev–Trinajstić information content (AvgIpc) is 3.17. The molecule has 200 valence electrons. The van der Waals surface area contributed by atoms with Gasteiger partial charge < -0.3 is 24.5 Å². The third-order valence-corrected chi connectivity index (χ3v) is 7.54. The second-order valence-electron chi connectivity index (χ2n) is 10.9. The van der Waals surface area contributed by atoms with E-state index in [0.29, 0.717) is 23.3 Å². The highest BCUT2D eigenvalue weighted by Gasteiger charge is 2.36. The standard InChI is InChI=1S/C27H35N3O7/c1-15-22(32)20(14-36-15)29-25(33)19(12-16-8-10-27(2,3)11-9-16)28-24-18-7-5-6-17(13-21(31)35-4)23(18)37-26(34)30-24/h5-7,15-16,19-20H,8-14H2,1-4H3,(H,29,33)(H,28,30,34). The number of amides is 1. The lowest BCUT2D eigenvalue weighted by Gasteiger charge is -2.35. The predicted molar refractivity (Wildman–Crippen MR) is 136 cm³/mol. The van der Waals surface area contributed by atoms with Gasteiger partial charge in [-0.05, 0) is 56.4 Å². The lowest BCUT2D eigenvalue weighted by molar-refractivity contribution is -0.139. The van der Waals surface area contributed by atoms with Crippen molar-refractivity contribution in [3.8, 4) is 0 Å². The zero-order valence-corrected chi connectivity index (χ0v) is 21.8. The Balaban J connectivity index is 1.63. The molecule has 3 unspecified atom stereocenters. The zero-order valence-electron chi connectivity index (χ0n) is 21.8. The molecule has 4 rings (SSSR count). The molecule has 1 aromatic carbocycles. The van der Waals surface area contributed by atoms with Crippen LogP contribution in [0, 0.1) is 11.3 Å². The number of ketones is 1. The molecule has 1 amide bonds. The van der Waals surface area contributed by atoms with Crippen molar-refractivity contribution in [1.29, 1.82) is 0 Å². The molecule has 0 bridgehead atoms. The van der Waals surface area contributed by atoms with Gasteiger partial charge in [-0.2, -0.15) is 4.98 Å². The number of esters is 1. The Morgan fingerprint density at radius 2 is 1.95 bits per heavy atom. The van der Waals surface area contributed by atoms with E-state index in [1.54, 1.807) is 25.1 Å². The first kappa shape index (κ1) is 26.8. The highest BCUT2D eigenvalue weighted by Crippen LogP contribution is 2.40. The Morgan fingerprint density at radius 3 is 2.59 bits per heavy atom. The van der Waals surface area contributed by atoms with E-state index in [-0.39, 0.29) is 41.5 Å². The number of hydrogen-bond donors (Lipinski definition) is 2. The Kier molecular flexibility index (Phi) is 7.96. The highest BCUT2D eigenvalue weighted by molar-refractivity contribution is 5.97. The summed E-state index contributed by atoms with van der Waals surface area (Å²) in [7, 11) is 1.29. The van der Waals surface area contributed by atoms with Gasteiger partial charge in [-0.3, -0.25) is 14.4 Å². The van der Waals surface area contributed by atoms with E-state index in [9.17, 15) is 19.2 Å². The first-order chi connectivity index (χ1) is 17.6. The molecule has 2 heterocycles. The van der Waals surface area contributed by atoms with Crippen LogP contribution in [0.25, 0.3) is 11.0 Å². The molecule has 0 radical (unpaired) electrons. The normalized spacial score (nSPS) is 22.5. The molecule has 2 fully saturated rings. The maximum absolute atomic E-state index is 13.5. The van der Waals surface area contributed by atoms with Crippen molar-refractivity contribution in [2.75, 3.05) is 19.0 Å². The van der Waals surface area contributed by atoms with Gasteiger partial charge in [0.05, 0.1) is 25.5 Å². The summed E-state index contributed by atoms with van der Waals surface area (Å²) in [6, 6.07) is 3.66. The van der Waals surface area contributed by atoms with E-state index in [2.05, 4.69) is 29.5 Å². The summed E-state index contributed by atoms with van der Waals surface area (Å²) in [5, 5.41) is 6.47. The second-order valence-corrected chi connectivity index (χ2v) is 10.9. The Bertz CT molecular complexity index is 1230. The number of hydrogen-bond acceptors (Lipinski definition) is 9. The topological polar surface area (TPSA) is 137 Å². The number of methoxy groups -OCH3 is 1. The minimum absolute atomic E-state index is 0.0794. The van der Waals surface area contributed by atoms with E-state index in [1.807, 2.05) is 0 Å². The zero-order chi connectivity index (χ0) is 26.7. The van der Waals surface area contributed by atoms with Crippen LogP contribution in [0.3, 0.4) is 0 Å². The number of Topliss-reactive ketones (excluding diaryl/α,β-unsaturated/α-hetero) is 1. The van der Waals surface area contributed by atoms with Crippen molar-refractivity contribution in [2.45, 2.75) is 77.5 Å². The SMILES string of the molecule is COC(=O)Cc1cccc2c(NC(CC3CCC(C)(C)CC3)C(=O)NC3COC(C)C3=O)nc(=O)oc12. The van der Waals surface area contributed by atoms with Crippen LogP contribution < -0.4 is 16.4 Å². The van der Waals surface area contributed by atoms with Crippen LogP contribution in [0.1, 0.15) is 58.4 Å². The summed E-state index contributed by atoms with van der Waals surface area (Å²) in [6.07, 6.45) is 3.96. The quantitative estimate of drug-likeness (QED) is 0.511. The van der Waals surface area contributed by atoms with E-state index >= 15 is 0 Å². The Morgan fingerprint density at radius 1 is 1.22 bits per heavy atom. The van der Waals surface area contributed by atoms with Gasteiger partial charge >= 0.3 is 11.7 Å². The number of ether oxygens (including phenoxy) is 2. The van der Waals surface area contributed by atoms with Crippen LogP contribution in [0.4, 0.5) is 5.82 Å². The largest absolute Gasteiger partial charge is 0.469 e. The van der Waals surface area contributed by atoms with Gasteiger partial charge in [-0.1, -0.05) is 26.0 Å². The maximum atomic E-state index is 13.5. The Hall–Kier alpha value is -3.27. The predicted octanol–water partition coefficient (Wildman–Crippen LogP) is 2.76. The number of aromatic nitrogens is 1. The molecular formula is C27H35N3O7. The van der Waals surface area contributed by atoms with Gasteiger partial charge in [0.25, 0.3) is 0 Å². The van der Waals surface area contributed by atoms with Gasteiger partial charge in [0.15, 0.2) is 5.78 Å². The number of rotatable bonds is 8. The van der Waals surface area contributed by atoms with Crippen LogP contribution >= 0.6 is 0 Å². The fourth-order valence-electron chi connectivity index (χ4n) is 5.13.